The Kier molecular flexibility index (Phi) is 2.99. The molecule has 0 aliphatic heterocycles. The van der Waals surface area contributed by atoms with Crippen LogP contribution in [0.1, 0.15) is 43.7 Å². The third-order valence-corrected chi connectivity index (χ3v) is 2.96. The summed E-state index contributed by atoms with van der Waals surface area (Å²) in [5, 5.41) is 0. The molecule has 0 saturated heterocycles. The largest absolute Gasteiger partial charge is 0.496 e. The molecule has 1 saturated carbocycles. The summed E-state index contributed by atoms with van der Waals surface area (Å²) >= 11 is 0. The molecule has 1 aromatic rings. The van der Waals surface area contributed by atoms with Crippen LogP contribution in [0.15, 0.2) is 18.2 Å². The smallest absolute Gasteiger partial charge is 0.122 e. The SMILES string of the molecule is COc1cc(CC(C)C)ccc1C1CC1. The van der Waals surface area contributed by atoms with Crippen LogP contribution in [0, 0.1) is 5.92 Å². The van der Waals surface area contributed by atoms with Gasteiger partial charge in [0, 0.05) is 0 Å². The molecule has 2 rings (SSSR count). The van der Waals surface area contributed by atoms with Crippen LogP contribution >= 0.6 is 0 Å². The van der Waals surface area contributed by atoms with Gasteiger partial charge >= 0.3 is 0 Å². The molecule has 0 radical (unpaired) electrons. The van der Waals surface area contributed by atoms with Crippen LogP contribution in [0.5, 0.6) is 5.75 Å². The molecule has 0 atom stereocenters. The predicted molar refractivity (Wildman–Crippen MR) is 63.5 cm³/mol. The van der Waals surface area contributed by atoms with Gasteiger partial charge in [0.05, 0.1) is 7.11 Å². The highest BCUT2D eigenvalue weighted by Crippen LogP contribution is 2.44. The Morgan fingerprint density at radius 3 is 2.60 bits per heavy atom. The van der Waals surface area contributed by atoms with E-state index in [9.17, 15) is 0 Å². The molecular formula is C14H20O. The Labute approximate surface area is 92.5 Å². The number of methoxy groups -OCH3 is 1. The van der Waals surface area contributed by atoms with Gasteiger partial charge in [0.15, 0.2) is 0 Å². The molecule has 0 N–H and O–H groups in total. The number of rotatable bonds is 4. The van der Waals surface area contributed by atoms with E-state index < -0.39 is 0 Å². The molecule has 0 spiro atoms. The van der Waals surface area contributed by atoms with Crippen molar-refractivity contribution in [2.45, 2.75) is 39.0 Å². The molecule has 0 aromatic heterocycles. The van der Waals surface area contributed by atoms with Gasteiger partial charge in [-0.15, -0.1) is 0 Å². The van der Waals surface area contributed by atoms with Crippen molar-refractivity contribution in [3.05, 3.63) is 29.3 Å². The average Bonchev–Trinajstić information content (AvgIpc) is 3.00. The summed E-state index contributed by atoms with van der Waals surface area (Å²) in [5.41, 5.74) is 2.80. The lowest BCUT2D eigenvalue weighted by Crippen LogP contribution is -1.97. The number of ether oxygens (including phenoxy) is 1. The maximum Gasteiger partial charge on any atom is 0.122 e. The van der Waals surface area contributed by atoms with E-state index in [1.165, 1.54) is 24.0 Å². The number of benzene rings is 1. The van der Waals surface area contributed by atoms with Gasteiger partial charge in [-0.1, -0.05) is 26.0 Å². The number of hydrogen-bond acceptors (Lipinski definition) is 1. The van der Waals surface area contributed by atoms with Crippen LogP contribution in [0.4, 0.5) is 0 Å². The molecule has 1 nitrogen and oxygen atoms in total. The molecule has 1 fully saturated rings. The molecule has 0 amide bonds. The first-order chi connectivity index (χ1) is 7.20. The molecule has 1 aliphatic carbocycles. The average molecular weight is 204 g/mol. The zero-order valence-electron chi connectivity index (χ0n) is 9.92. The third-order valence-electron chi connectivity index (χ3n) is 2.96. The van der Waals surface area contributed by atoms with Crippen LogP contribution in [0.25, 0.3) is 0 Å². The Hall–Kier alpha value is -0.980. The lowest BCUT2D eigenvalue weighted by atomic mass is 9.99. The van der Waals surface area contributed by atoms with E-state index in [0.717, 1.165) is 18.1 Å². The third kappa shape index (κ3) is 2.53. The second-order valence-electron chi connectivity index (χ2n) is 4.95. The zero-order chi connectivity index (χ0) is 10.8. The lowest BCUT2D eigenvalue weighted by Gasteiger charge is -2.11. The molecule has 82 valence electrons. The first-order valence-electron chi connectivity index (χ1n) is 5.87. The highest BCUT2D eigenvalue weighted by molar-refractivity contribution is 5.41. The summed E-state index contributed by atoms with van der Waals surface area (Å²) in [5.74, 6) is 2.57. The second-order valence-corrected chi connectivity index (χ2v) is 4.95. The minimum Gasteiger partial charge on any atom is -0.496 e. The molecule has 0 heterocycles. The molecule has 15 heavy (non-hydrogen) atoms. The minimum absolute atomic E-state index is 0.710. The van der Waals surface area contributed by atoms with E-state index in [4.69, 9.17) is 4.74 Å². The van der Waals surface area contributed by atoms with E-state index in [0.29, 0.717) is 5.92 Å². The van der Waals surface area contributed by atoms with Crippen molar-refractivity contribution in [2.75, 3.05) is 7.11 Å². The molecule has 0 bridgehead atoms. The maximum absolute atomic E-state index is 5.47. The fourth-order valence-electron chi connectivity index (χ4n) is 2.09. The predicted octanol–water partition coefficient (Wildman–Crippen LogP) is 3.77. The summed E-state index contributed by atoms with van der Waals surface area (Å²) in [4.78, 5) is 0. The van der Waals surface area contributed by atoms with Gasteiger partial charge in [-0.2, -0.15) is 0 Å². The second kappa shape index (κ2) is 4.26. The molecule has 1 aromatic carbocycles. The lowest BCUT2D eigenvalue weighted by molar-refractivity contribution is 0.409. The van der Waals surface area contributed by atoms with Crippen molar-refractivity contribution in [1.29, 1.82) is 0 Å². The standard InChI is InChI=1S/C14H20O/c1-10(2)8-11-4-7-13(12-5-6-12)14(9-11)15-3/h4,7,9-10,12H,5-6,8H2,1-3H3. The summed E-state index contributed by atoms with van der Waals surface area (Å²) < 4.78 is 5.47. The highest BCUT2D eigenvalue weighted by Gasteiger charge is 2.26. The maximum atomic E-state index is 5.47. The summed E-state index contributed by atoms with van der Waals surface area (Å²) in [7, 11) is 1.78. The first kappa shape index (κ1) is 10.5. The Balaban J connectivity index is 2.21. The van der Waals surface area contributed by atoms with Gasteiger partial charge in [-0.05, 0) is 48.3 Å². The van der Waals surface area contributed by atoms with Crippen LogP contribution < -0.4 is 4.74 Å². The van der Waals surface area contributed by atoms with Gasteiger partial charge in [0.25, 0.3) is 0 Å². The quantitative estimate of drug-likeness (QED) is 0.725. The topological polar surface area (TPSA) is 9.23 Å². The normalized spacial score (nSPS) is 15.7. The minimum atomic E-state index is 0.710. The van der Waals surface area contributed by atoms with E-state index in [1.807, 2.05) is 0 Å². The fourth-order valence-corrected chi connectivity index (χ4v) is 2.09. The van der Waals surface area contributed by atoms with Crippen molar-refractivity contribution < 1.29 is 4.74 Å². The van der Waals surface area contributed by atoms with Crippen LogP contribution in [0.2, 0.25) is 0 Å². The van der Waals surface area contributed by atoms with Gasteiger partial charge < -0.3 is 4.74 Å². The summed E-state index contributed by atoms with van der Waals surface area (Å²) in [6.45, 7) is 4.50. The number of hydrogen-bond donors (Lipinski definition) is 0. The molecule has 1 aliphatic rings. The van der Waals surface area contributed by atoms with Crippen molar-refractivity contribution in [3.63, 3.8) is 0 Å². The Bertz CT molecular complexity index is 337. The van der Waals surface area contributed by atoms with Crippen molar-refractivity contribution >= 4 is 0 Å². The molecule has 1 heteroatoms. The van der Waals surface area contributed by atoms with E-state index in [2.05, 4.69) is 32.0 Å². The van der Waals surface area contributed by atoms with Gasteiger partial charge in [-0.3, -0.25) is 0 Å². The Morgan fingerprint density at radius 1 is 1.33 bits per heavy atom. The van der Waals surface area contributed by atoms with Crippen molar-refractivity contribution in [1.82, 2.24) is 0 Å². The van der Waals surface area contributed by atoms with E-state index in [1.54, 1.807) is 7.11 Å². The fraction of sp³-hybridized carbons (Fsp3) is 0.571. The van der Waals surface area contributed by atoms with Crippen LogP contribution in [0.3, 0.4) is 0 Å². The van der Waals surface area contributed by atoms with Gasteiger partial charge in [-0.25, -0.2) is 0 Å². The van der Waals surface area contributed by atoms with Crippen molar-refractivity contribution in [3.8, 4) is 5.75 Å². The van der Waals surface area contributed by atoms with E-state index in [-0.39, 0.29) is 0 Å². The van der Waals surface area contributed by atoms with Crippen LogP contribution in [-0.2, 0) is 6.42 Å². The van der Waals surface area contributed by atoms with E-state index >= 15 is 0 Å². The summed E-state index contributed by atoms with van der Waals surface area (Å²) in [6.07, 6.45) is 3.81. The van der Waals surface area contributed by atoms with Gasteiger partial charge in [0.1, 0.15) is 5.75 Å². The van der Waals surface area contributed by atoms with Crippen LogP contribution in [-0.4, -0.2) is 7.11 Å². The van der Waals surface area contributed by atoms with Crippen molar-refractivity contribution in [2.24, 2.45) is 5.92 Å². The first-order valence-corrected chi connectivity index (χ1v) is 5.87. The van der Waals surface area contributed by atoms with Gasteiger partial charge in [0.2, 0.25) is 0 Å². The zero-order valence-corrected chi connectivity index (χ0v) is 9.92. The molecular weight excluding hydrogens is 184 g/mol. The monoisotopic (exact) mass is 204 g/mol. The summed E-state index contributed by atoms with van der Waals surface area (Å²) in [6, 6.07) is 6.73. The molecule has 0 unspecified atom stereocenters. The highest BCUT2D eigenvalue weighted by atomic mass is 16.5. The Morgan fingerprint density at radius 2 is 2.07 bits per heavy atom.